The van der Waals surface area contributed by atoms with Gasteiger partial charge in [-0.2, -0.15) is 0 Å². The van der Waals surface area contributed by atoms with Gasteiger partial charge in [-0.3, -0.25) is 19.2 Å². The Balaban J connectivity index is 2.55. The van der Waals surface area contributed by atoms with Gasteiger partial charge in [0.05, 0.1) is 13.2 Å². The number of hydrogen-bond donors (Lipinski definition) is 3. The summed E-state index contributed by atoms with van der Waals surface area (Å²) in [5.74, 6) is -4.94. The molecule has 1 atom stereocenters. The van der Waals surface area contributed by atoms with E-state index in [-0.39, 0.29) is 31.4 Å². The molecule has 3 N–H and O–H groups in total. The van der Waals surface area contributed by atoms with Crippen molar-refractivity contribution in [3.8, 4) is 0 Å². The van der Waals surface area contributed by atoms with Crippen molar-refractivity contribution in [2.75, 3.05) is 26.3 Å². The van der Waals surface area contributed by atoms with E-state index in [0.717, 1.165) is 0 Å². The van der Waals surface area contributed by atoms with Crippen molar-refractivity contribution in [2.45, 2.75) is 50.7 Å². The number of carbonyl (C=O) groups is 4. The van der Waals surface area contributed by atoms with Crippen LogP contribution in [0.1, 0.15) is 44.9 Å². The quantitative estimate of drug-likeness (QED) is 0.156. The molecule has 0 heterocycles. The number of Topliss-reactive ketones (excluding diaryl/α,β-unsaturated/α-hetero) is 1. The normalized spacial score (nSPS) is 17.7. The largest absolute Gasteiger partial charge is 0.481 e. The molecule has 0 saturated heterocycles. The molecule has 0 aromatic rings. The summed E-state index contributed by atoms with van der Waals surface area (Å²) in [7, 11) is 0. The number of carboxylic acids is 1. The third kappa shape index (κ3) is 8.46. The zero-order chi connectivity index (χ0) is 22.4. The van der Waals surface area contributed by atoms with Crippen LogP contribution in [0.25, 0.3) is 0 Å². The Morgan fingerprint density at radius 1 is 1.00 bits per heavy atom. The molecule has 2 amide bonds. The monoisotopic (exact) mass is 424 g/mol. The average Bonchev–Trinajstić information content (AvgIpc) is 2.73. The molecule has 1 saturated carbocycles. The molecule has 9 nitrogen and oxygen atoms in total. The standard InChI is InChI=1S/C21H32N2O7/c1-3-17(24)22-12-5-7-14-29-21(11-9-10-16(19(21)26)20(27)28)30-15-8-6-13-23-18(25)4-2/h3-4,16H,1-2,5-15H2,(H,22,24)(H,23,25)(H,27,28). The van der Waals surface area contributed by atoms with Gasteiger partial charge in [0, 0.05) is 19.5 Å². The SMILES string of the molecule is C=CC(=O)NCCCCOC1(OCCCCNC(=O)C=C)CCCC(C(=O)O)C1=O. The van der Waals surface area contributed by atoms with Gasteiger partial charge in [0.2, 0.25) is 23.4 Å². The van der Waals surface area contributed by atoms with Gasteiger partial charge in [-0.15, -0.1) is 0 Å². The van der Waals surface area contributed by atoms with Crippen molar-refractivity contribution < 1.29 is 33.8 Å². The third-order valence-electron chi connectivity index (χ3n) is 4.77. The summed E-state index contributed by atoms with van der Waals surface area (Å²) in [5.41, 5.74) is 0. The molecule has 1 rings (SSSR count). The van der Waals surface area contributed by atoms with Crippen LogP contribution in [0.15, 0.2) is 25.3 Å². The highest BCUT2D eigenvalue weighted by molar-refractivity contribution is 6.02. The number of carboxylic acid groups (broad SMARTS) is 1. The summed E-state index contributed by atoms with van der Waals surface area (Å²) in [6.07, 6.45) is 5.86. The maximum absolute atomic E-state index is 12.8. The number of aliphatic carboxylic acids is 1. The minimum atomic E-state index is -1.56. The second-order valence-corrected chi connectivity index (χ2v) is 7.00. The van der Waals surface area contributed by atoms with E-state index in [2.05, 4.69) is 23.8 Å². The first-order valence-electron chi connectivity index (χ1n) is 10.2. The molecule has 9 heteroatoms. The summed E-state index contributed by atoms with van der Waals surface area (Å²) < 4.78 is 11.6. The number of rotatable bonds is 15. The minimum Gasteiger partial charge on any atom is -0.481 e. The van der Waals surface area contributed by atoms with E-state index in [0.29, 0.717) is 51.6 Å². The van der Waals surface area contributed by atoms with Crippen molar-refractivity contribution in [1.29, 1.82) is 0 Å². The molecule has 1 aliphatic rings. The van der Waals surface area contributed by atoms with Crippen LogP contribution in [0, 0.1) is 5.92 Å². The average molecular weight is 424 g/mol. The van der Waals surface area contributed by atoms with E-state index in [4.69, 9.17) is 9.47 Å². The Labute approximate surface area is 176 Å². The van der Waals surface area contributed by atoms with Crippen LogP contribution in [-0.2, 0) is 28.7 Å². The lowest BCUT2D eigenvalue weighted by molar-refractivity contribution is -0.242. The first kappa shape index (κ1) is 25.5. The lowest BCUT2D eigenvalue weighted by atomic mass is 9.83. The Morgan fingerprint density at radius 2 is 1.50 bits per heavy atom. The Morgan fingerprint density at radius 3 is 1.93 bits per heavy atom. The molecule has 168 valence electrons. The van der Waals surface area contributed by atoms with Crippen LogP contribution in [0.4, 0.5) is 0 Å². The van der Waals surface area contributed by atoms with Crippen molar-refractivity contribution in [1.82, 2.24) is 10.6 Å². The highest BCUT2D eigenvalue weighted by atomic mass is 16.7. The maximum atomic E-state index is 12.8. The molecule has 30 heavy (non-hydrogen) atoms. The van der Waals surface area contributed by atoms with Gasteiger partial charge < -0.3 is 25.2 Å². The van der Waals surface area contributed by atoms with Crippen molar-refractivity contribution >= 4 is 23.6 Å². The molecule has 0 bridgehead atoms. The predicted molar refractivity (Wildman–Crippen MR) is 110 cm³/mol. The van der Waals surface area contributed by atoms with Crippen LogP contribution in [-0.4, -0.2) is 60.8 Å². The van der Waals surface area contributed by atoms with Crippen molar-refractivity contribution in [2.24, 2.45) is 5.92 Å². The number of carbonyl (C=O) groups excluding carboxylic acids is 3. The molecular formula is C21H32N2O7. The van der Waals surface area contributed by atoms with Crippen LogP contribution in [0.3, 0.4) is 0 Å². The van der Waals surface area contributed by atoms with Crippen LogP contribution >= 0.6 is 0 Å². The number of unbranched alkanes of at least 4 members (excludes halogenated alkanes) is 2. The number of hydrogen-bond acceptors (Lipinski definition) is 6. The summed E-state index contributed by atoms with van der Waals surface area (Å²) in [6.45, 7) is 8.05. The van der Waals surface area contributed by atoms with E-state index in [1.807, 2.05) is 0 Å². The number of nitrogens with one attached hydrogen (secondary N) is 2. The molecule has 0 radical (unpaired) electrons. The van der Waals surface area contributed by atoms with Gasteiger partial charge in [0.1, 0.15) is 5.92 Å². The minimum absolute atomic E-state index is 0.206. The zero-order valence-electron chi connectivity index (χ0n) is 17.3. The summed E-state index contributed by atoms with van der Waals surface area (Å²) >= 11 is 0. The van der Waals surface area contributed by atoms with Gasteiger partial charge in [-0.05, 0) is 50.7 Å². The molecule has 0 aliphatic heterocycles. The molecule has 0 aromatic carbocycles. The second kappa shape index (κ2) is 13.7. The van der Waals surface area contributed by atoms with Crippen molar-refractivity contribution in [3.63, 3.8) is 0 Å². The van der Waals surface area contributed by atoms with E-state index in [9.17, 15) is 24.3 Å². The Kier molecular flexibility index (Phi) is 11.6. The van der Waals surface area contributed by atoms with Gasteiger partial charge in [-0.25, -0.2) is 0 Å². The van der Waals surface area contributed by atoms with E-state index in [1.165, 1.54) is 12.2 Å². The lowest BCUT2D eigenvalue weighted by Gasteiger charge is -2.37. The fourth-order valence-corrected chi connectivity index (χ4v) is 3.12. The Hall–Kier alpha value is -2.52. The lowest BCUT2D eigenvalue weighted by Crippen LogP contribution is -2.52. The van der Waals surface area contributed by atoms with Gasteiger partial charge in [0.15, 0.2) is 0 Å². The van der Waals surface area contributed by atoms with Crippen LogP contribution < -0.4 is 10.6 Å². The smallest absolute Gasteiger partial charge is 0.314 e. The van der Waals surface area contributed by atoms with E-state index >= 15 is 0 Å². The number of amides is 2. The first-order valence-corrected chi connectivity index (χ1v) is 10.2. The third-order valence-corrected chi connectivity index (χ3v) is 4.77. The maximum Gasteiger partial charge on any atom is 0.314 e. The Bertz CT molecular complexity index is 601. The zero-order valence-corrected chi connectivity index (χ0v) is 17.3. The van der Waals surface area contributed by atoms with Gasteiger partial charge >= 0.3 is 5.97 Å². The fourth-order valence-electron chi connectivity index (χ4n) is 3.12. The van der Waals surface area contributed by atoms with Gasteiger partial charge in [-0.1, -0.05) is 13.2 Å². The summed E-state index contributed by atoms with van der Waals surface area (Å²) in [4.78, 5) is 46.5. The van der Waals surface area contributed by atoms with Gasteiger partial charge in [0.25, 0.3) is 0 Å². The highest BCUT2D eigenvalue weighted by Gasteiger charge is 2.49. The highest BCUT2D eigenvalue weighted by Crippen LogP contribution is 2.34. The molecular weight excluding hydrogens is 392 g/mol. The first-order chi connectivity index (χ1) is 14.4. The molecule has 1 unspecified atom stereocenters. The second-order valence-electron chi connectivity index (χ2n) is 7.00. The molecule has 0 spiro atoms. The summed E-state index contributed by atoms with van der Waals surface area (Å²) in [5, 5.41) is 14.7. The van der Waals surface area contributed by atoms with Crippen LogP contribution in [0.2, 0.25) is 0 Å². The molecule has 1 fully saturated rings. The number of ether oxygens (including phenoxy) is 2. The molecule has 0 aromatic heterocycles. The molecule has 1 aliphatic carbocycles. The summed E-state index contributed by atoms with van der Waals surface area (Å²) in [6, 6.07) is 0. The van der Waals surface area contributed by atoms with Crippen molar-refractivity contribution in [3.05, 3.63) is 25.3 Å². The van der Waals surface area contributed by atoms with Crippen LogP contribution in [0.5, 0.6) is 0 Å². The predicted octanol–water partition coefficient (Wildman–Crippen LogP) is 1.33. The van der Waals surface area contributed by atoms with E-state index < -0.39 is 23.5 Å². The fraction of sp³-hybridized carbons (Fsp3) is 0.619. The number of ketones is 1. The van der Waals surface area contributed by atoms with E-state index in [1.54, 1.807) is 0 Å². The topological polar surface area (TPSA) is 131 Å².